The van der Waals surface area contributed by atoms with E-state index in [2.05, 4.69) is 10.0 Å². The van der Waals surface area contributed by atoms with E-state index in [9.17, 15) is 22.0 Å². The van der Waals surface area contributed by atoms with Crippen molar-refractivity contribution in [1.29, 1.82) is 0 Å². The fourth-order valence-electron chi connectivity index (χ4n) is 2.13. The lowest BCUT2D eigenvalue weighted by Gasteiger charge is -2.18. The number of benzene rings is 2. The fourth-order valence-corrected chi connectivity index (χ4v) is 2.87. The molecule has 0 heterocycles. The van der Waals surface area contributed by atoms with Crippen LogP contribution in [0.3, 0.4) is 0 Å². The maximum atomic E-state index is 13.6. The molecule has 2 aromatic rings. The number of carbonyl (C=O) groups excluding carboxylic acids is 1. The summed E-state index contributed by atoms with van der Waals surface area (Å²) >= 11 is 0. The van der Waals surface area contributed by atoms with E-state index in [1.54, 1.807) is 6.07 Å². The molecule has 5 nitrogen and oxygen atoms in total. The molecule has 0 aliphatic carbocycles. The van der Waals surface area contributed by atoms with Gasteiger partial charge in [0.1, 0.15) is 11.6 Å². The van der Waals surface area contributed by atoms with Crippen LogP contribution in [0.25, 0.3) is 0 Å². The Balaban J connectivity index is 2.17. The van der Waals surface area contributed by atoms with Crippen molar-refractivity contribution in [3.63, 3.8) is 0 Å². The van der Waals surface area contributed by atoms with Crippen LogP contribution in [-0.4, -0.2) is 20.6 Å². The Hall–Kier alpha value is -2.32. The second-order valence-corrected chi connectivity index (χ2v) is 7.01. The number of para-hydroxylation sites is 1. The number of carbonyl (C=O) groups is 1. The molecule has 2 N–H and O–H groups in total. The molecule has 2 aromatic carbocycles. The van der Waals surface area contributed by atoms with Crippen molar-refractivity contribution in [3.8, 4) is 0 Å². The molecule has 0 aliphatic heterocycles. The number of anilines is 1. The molecule has 24 heavy (non-hydrogen) atoms. The number of sulfonamides is 1. The Kier molecular flexibility index (Phi) is 5.63. The van der Waals surface area contributed by atoms with Crippen molar-refractivity contribution in [3.05, 3.63) is 65.7 Å². The first-order chi connectivity index (χ1) is 11.2. The van der Waals surface area contributed by atoms with E-state index in [1.807, 2.05) is 0 Å². The minimum atomic E-state index is -3.61. The van der Waals surface area contributed by atoms with Crippen LogP contribution in [-0.2, 0) is 14.8 Å². The van der Waals surface area contributed by atoms with Crippen LogP contribution < -0.4 is 10.0 Å². The van der Waals surface area contributed by atoms with Crippen molar-refractivity contribution in [2.24, 2.45) is 0 Å². The number of halogens is 2. The molecular weight excluding hydrogens is 338 g/mol. The molecule has 0 fully saturated rings. The van der Waals surface area contributed by atoms with Gasteiger partial charge in [0.25, 0.3) is 0 Å². The predicted octanol–water partition coefficient (Wildman–Crippen LogP) is 2.58. The van der Waals surface area contributed by atoms with Gasteiger partial charge in [0, 0.05) is 6.42 Å². The fraction of sp³-hybridized carbons (Fsp3) is 0.188. The molecule has 128 valence electrons. The van der Waals surface area contributed by atoms with Gasteiger partial charge in [-0.05, 0) is 29.8 Å². The number of hydrogen-bond donors (Lipinski definition) is 2. The Morgan fingerprint density at radius 2 is 1.71 bits per heavy atom. The molecule has 0 radical (unpaired) electrons. The molecule has 0 aromatic heterocycles. The molecule has 1 amide bonds. The molecule has 0 aliphatic rings. The monoisotopic (exact) mass is 354 g/mol. The third-order valence-electron chi connectivity index (χ3n) is 3.17. The van der Waals surface area contributed by atoms with Crippen LogP contribution in [0.1, 0.15) is 18.0 Å². The summed E-state index contributed by atoms with van der Waals surface area (Å²) in [6, 6.07) is 9.84. The summed E-state index contributed by atoms with van der Waals surface area (Å²) < 4.78 is 51.9. The predicted molar refractivity (Wildman–Crippen MR) is 86.8 cm³/mol. The molecular formula is C16H16F2N2O3S. The largest absolute Gasteiger partial charge is 0.324 e. The summed E-state index contributed by atoms with van der Waals surface area (Å²) in [5.74, 6) is -1.65. The van der Waals surface area contributed by atoms with E-state index in [-0.39, 0.29) is 12.1 Å². The van der Waals surface area contributed by atoms with Crippen molar-refractivity contribution in [1.82, 2.24) is 4.72 Å². The standard InChI is InChI=1S/C16H16F2N2O3S/c1-24(22,23)20-15(11-6-8-12(17)9-7-11)10-16(21)19-14-5-3-2-4-13(14)18/h2-9,15,20H,10H2,1H3,(H,19,21)/t15-/m0/s1. The topological polar surface area (TPSA) is 75.3 Å². The van der Waals surface area contributed by atoms with Crippen LogP contribution in [0.2, 0.25) is 0 Å². The van der Waals surface area contributed by atoms with Gasteiger partial charge in [-0.25, -0.2) is 21.9 Å². The number of amides is 1. The number of rotatable bonds is 6. The molecule has 0 unspecified atom stereocenters. The van der Waals surface area contributed by atoms with Gasteiger partial charge in [-0.1, -0.05) is 24.3 Å². The quantitative estimate of drug-likeness (QED) is 0.837. The van der Waals surface area contributed by atoms with Gasteiger partial charge in [-0.3, -0.25) is 4.79 Å². The Labute approximate surface area is 138 Å². The highest BCUT2D eigenvalue weighted by Crippen LogP contribution is 2.20. The summed E-state index contributed by atoms with van der Waals surface area (Å²) in [7, 11) is -3.61. The highest BCUT2D eigenvalue weighted by molar-refractivity contribution is 7.88. The normalized spacial score (nSPS) is 12.6. The summed E-state index contributed by atoms with van der Waals surface area (Å²) in [5.41, 5.74) is 0.422. The van der Waals surface area contributed by atoms with Crippen LogP contribution in [0.4, 0.5) is 14.5 Å². The maximum Gasteiger partial charge on any atom is 0.226 e. The molecule has 0 saturated carbocycles. The molecule has 0 saturated heterocycles. The van der Waals surface area contributed by atoms with Gasteiger partial charge in [0.15, 0.2) is 0 Å². The molecule has 0 spiro atoms. The highest BCUT2D eigenvalue weighted by Gasteiger charge is 2.20. The van der Waals surface area contributed by atoms with E-state index < -0.39 is 33.6 Å². The van der Waals surface area contributed by atoms with Gasteiger partial charge < -0.3 is 5.32 Å². The SMILES string of the molecule is CS(=O)(=O)N[C@@H](CC(=O)Nc1ccccc1F)c1ccc(F)cc1. The lowest BCUT2D eigenvalue weighted by Crippen LogP contribution is -2.30. The zero-order valence-corrected chi connectivity index (χ0v) is 13.6. The molecule has 8 heteroatoms. The van der Waals surface area contributed by atoms with E-state index >= 15 is 0 Å². The zero-order valence-electron chi connectivity index (χ0n) is 12.8. The minimum Gasteiger partial charge on any atom is -0.324 e. The maximum absolute atomic E-state index is 13.6. The van der Waals surface area contributed by atoms with Crippen LogP contribution in [0.5, 0.6) is 0 Å². The third kappa shape index (κ3) is 5.39. The van der Waals surface area contributed by atoms with Crippen LogP contribution in [0, 0.1) is 11.6 Å². The van der Waals surface area contributed by atoms with E-state index in [1.165, 1.54) is 42.5 Å². The molecule has 0 bridgehead atoms. The van der Waals surface area contributed by atoms with Gasteiger partial charge >= 0.3 is 0 Å². The van der Waals surface area contributed by atoms with E-state index in [4.69, 9.17) is 0 Å². The second-order valence-electron chi connectivity index (χ2n) is 5.23. The lowest BCUT2D eigenvalue weighted by molar-refractivity contribution is -0.116. The average Bonchev–Trinajstić information content (AvgIpc) is 2.48. The smallest absolute Gasteiger partial charge is 0.226 e. The Morgan fingerprint density at radius 1 is 1.08 bits per heavy atom. The zero-order chi connectivity index (χ0) is 17.7. The summed E-state index contributed by atoms with van der Waals surface area (Å²) in [4.78, 5) is 12.1. The van der Waals surface area contributed by atoms with Crippen LogP contribution in [0.15, 0.2) is 48.5 Å². The second kappa shape index (κ2) is 7.50. The highest BCUT2D eigenvalue weighted by atomic mass is 32.2. The first-order valence-electron chi connectivity index (χ1n) is 7.02. The van der Waals surface area contributed by atoms with Gasteiger partial charge in [0.05, 0.1) is 18.0 Å². The lowest BCUT2D eigenvalue weighted by atomic mass is 10.0. The van der Waals surface area contributed by atoms with Gasteiger partial charge in [-0.15, -0.1) is 0 Å². The number of nitrogens with one attached hydrogen (secondary N) is 2. The van der Waals surface area contributed by atoms with Crippen molar-refractivity contribution < 1.29 is 22.0 Å². The van der Waals surface area contributed by atoms with E-state index in [0.29, 0.717) is 5.56 Å². The summed E-state index contributed by atoms with van der Waals surface area (Å²) in [6.07, 6.45) is 0.686. The average molecular weight is 354 g/mol. The summed E-state index contributed by atoms with van der Waals surface area (Å²) in [5, 5.41) is 2.38. The first kappa shape index (κ1) is 18.0. The Bertz CT molecular complexity index is 823. The Morgan fingerprint density at radius 3 is 2.29 bits per heavy atom. The molecule has 2 rings (SSSR count). The molecule has 1 atom stereocenters. The van der Waals surface area contributed by atoms with Crippen molar-refractivity contribution >= 4 is 21.6 Å². The van der Waals surface area contributed by atoms with Gasteiger partial charge in [0.2, 0.25) is 15.9 Å². The van der Waals surface area contributed by atoms with E-state index in [0.717, 1.165) is 6.26 Å². The third-order valence-corrected chi connectivity index (χ3v) is 3.88. The van der Waals surface area contributed by atoms with Gasteiger partial charge in [-0.2, -0.15) is 0 Å². The first-order valence-corrected chi connectivity index (χ1v) is 8.91. The minimum absolute atomic E-state index is 0.000267. The number of hydrogen-bond acceptors (Lipinski definition) is 3. The van der Waals surface area contributed by atoms with Crippen molar-refractivity contribution in [2.75, 3.05) is 11.6 Å². The van der Waals surface area contributed by atoms with Crippen molar-refractivity contribution in [2.45, 2.75) is 12.5 Å². The summed E-state index contributed by atoms with van der Waals surface area (Å²) in [6.45, 7) is 0. The van der Waals surface area contributed by atoms with Crippen LogP contribution >= 0.6 is 0 Å².